The molecule has 0 bridgehead atoms. The normalized spacial score (nSPS) is 24.4. The van der Waals surface area contributed by atoms with Gasteiger partial charge in [-0.05, 0) is 57.4 Å². The first-order valence-electron chi connectivity index (χ1n) is 8.65. The van der Waals surface area contributed by atoms with Gasteiger partial charge in [0.25, 0.3) is 0 Å². The van der Waals surface area contributed by atoms with Crippen molar-refractivity contribution in [3.8, 4) is 0 Å². The number of amides is 1. The van der Waals surface area contributed by atoms with Crippen LogP contribution in [-0.4, -0.2) is 18.5 Å². The predicted molar refractivity (Wildman–Crippen MR) is 85.5 cm³/mol. The standard InChI is InChI=1S/C17H34N2O/c1-3-4-5-6-7-14(2)19-17(20)12-15-8-10-16(13-18)11-9-15/h14-16H,3-13,18H2,1-2H3,(H,19,20). The van der Waals surface area contributed by atoms with E-state index in [-0.39, 0.29) is 5.91 Å². The van der Waals surface area contributed by atoms with E-state index < -0.39 is 0 Å². The molecule has 118 valence electrons. The summed E-state index contributed by atoms with van der Waals surface area (Å²) in [6, 6.07) is 0.333. The van der Waals surface area contributed by atoms with E-state index in [9.17, 15) is 4.79 Å². The minimum atomic E-state index is 0.254. The summed E-state index contributed by atoms with van der Waals surface area (Å²) in [6.07, 6.45) is 11.7. The van der Waals surface area contributed by atoms with Gasteiger partial charge < -0.3 is 11.1 Å². The highest BCUT2D eigenvalue weighted by atomic mass is 16.1. The van der Waals surface area contributed by atoms with Crippen molar-refractivity contribution in [3.63, 3.8) is 0 Å². The lowest BCUT2D eigenvalue weighted by Gasteiger charge is -2.27. The lowest BCUT2D eigenvalue weighted by atomic mass is 9.80. The molecule has 0 radical (unpaired) electrons. The summed E-state index contributed by atoms with van der Waals surface area (Å²) in [7, 11) is 0. The number of nitrogens with two attached hydrogens (primary N) is 1. The zero-order chi connectivity index (χ0) is 14.8. The van der Waals surface area contributed by atoms with Gasteiger partial charge in [-0.25, -0.2) is 0 Å². The van der Waals surface area contributed by atoms with Crippen molar-refractivity contribution in [3.05, 3.63) is 0 Å². The second kappa shape index (κ2) is 10.2. The van der Waals surface area contributed by atoms with Crippen molar-refractivity contribution in [2.45, 2.75) is 84.1 Å². The summed E-state index contributed by atoms with van der Waals surface area (Å²) in [6.45, 7) is 5.17. The Labute approximate surface area is 125 Å². The Morgan fingerprint density at radius 3 is 2.40 bits per heavy atom. The van der Waals surface area contributed by atoms with Crippen molar-refractivity contribution in [1.82, 2.24) is 5.32 Å². The molecule has 0 heterocycles. The van der Waals surface area contributed by atoms with Gasteiger partial charge in [-0.15, -0.1) is 0 Å². The third-order valence-electron chi connectivity index (χ3n) is 4.67. The van der Waals surface area contributed by atoms with Crippen LogP contribution in [0.25, 0.3) is 0 Å². The fraction of sp³-hybridized carbons (Fsp3) is 0.941. The highest BCUT2D eigenvalue weighted by Crippen LogP contribution is 2.30. The van der Waals surface area contributed by atoms with Gasteiger partial charge in [0.2, 0.25) is 5.91 Å². The monoisotopic (exact) mass is 282 g/mol. The van der Waals surface area contributed by atoms with E-state index in [4.69, 9.17) is 5.73 Å². The Kier molecular flexibility index (Phi) is 8.92. The molecule has 1 aliphatic rings. The summed E-state index contributed by atoms with van der Waals surface area (Å²) in [5.74, 6) is 1.54. The second-order valence-electron chi connectivity index (χ2n) is 6.64. The van der Waals surface area contributed by atoms with Crippen LogP contribution >= 0.6 is 0 Å². The fourth-order valence-electron chi connectivity index (χ4n) is 3.22. The van der Waals surface area contributed by atoms with E-state index >= 15 is 0 Å². The zero-order valence-corrected chi connectivity index (χ0v) is 13.5. The highest BCUT2D eigenvalue weighted by Gasteiger charge is 2.22. The molecule has 0 aromatic heterocycles. The molecule has 3 N–H and O–H groups in total. The molecule has 1 saturated carbocycles. The maximum Gasteiger partial charge on any atom is 0.220 e. The number of hydrogen-bond donors (Lipinski definition) is 2. The molecule has 1 atom stereocenters. The average Bonchev–Trinajstić information content (AvgIpc) is 2.44. The van der Waals surface area contributed by atoms with Crippen molar-refractivity contribution >= 4 is 5.91 Å². The molecule has 1 aliphatic carbocycles. The van der Waals surface area contributed by atoms with Crippen LogP contribution in [0.5, 0.6) is 0 Å². The topological polar surface area (TPSA) is 55.1 Å². The largest absolute Gasteiger partial charge is 0.354 e. The lowest BCUT2D eigenvalue weighted by molar-refractivity contribution is -0.122. The third kappa shape index (κ3) is 7.28. The smallest absolute Gasteiger partial charge is 0.220 e. The van der Waals surface area contributed by atoms with Crippen LogP contribution in [0, 0.1) is 11.8 Å². The Bertz CT molecular complexity index is 260. The van der Waals surface area contributed by atoms with Gasteiger partial charge in [-0.2, -0.15) is 0 Å². The zero-order valence-electron chi connectivity index (χ0n) is 13.5. The number of hydrogen-bond acceptors (Lipinski definition) is 2. The molecule has 1 unspecified atom stereocenters. The van der Waals surface area contributed by atoms with Crippen LogP contribution in [0.15, 0.2) is 0 Å². The minimum absolute atomic E-state index is 0.254. The Morgan fingerprint density at radius 1 is 1.15 bits per heavy atom. The number of unbranched alkanes of at least 4 members (excludes halogenated alkanes) is 3. The second-order valence-corrected chi connectivity index (χ2v) is 6.64. The van der Waals surface area contributed by atoms with Gasteiger partial charge in [0.1, 0.15) is 0 Å². The Morgan fingerprint density at radius 2 is 1.80 bits per heavy atom. The summed E-state index contributed by atoms with van der Waals surface area (Å²) in [5.41, 5.74) is 5.70. The van der Waals surface area contributed by atoms with Gasteiger partial charge in [0.15, 0.2) is 0 Å². The van der Waals surface area contributed by atoms with Crippen molar-refractivity contribution < 1.29 is 4.79 Å². The third-order valence-corrected chi connectivity index (χ3v) is 4.67. The summed E-state index contributed by atoms with van der Waals surface area (Å²) >= 11 is 0. The number of nitrogens with one attached hydrogen (secondary N) is 1. The van der Waals surface area contributed by atoms with Gasteiger partial charge in [0, 0.05) is 12.5 Å². The van der Waals surface area contributed by atoms with Crippen LogP contribution < -0.4 is 11.1 Å². The quantitative estimate of drug-likeness (QED) is 0.635. The molecule has 0 aromatic rings. The van der Waals surface area contributed by atoms with E-state index in [1.807, 2.05) is 0 Å². The molecule has 0 aromatic carbocycles. The van der Waals surface area contributed by atoms with Crippen LogP contribution in [0.4, 0.5) is 0 Å². The molecule has 20 heavy (non-hydrogen) atoms. The molecule has 0 aliphatic heterocycles. The van der Waals surface area contributed by atoms with Crippen molar-refractivity contribution in [2.24, 2.45) is 17.6 Å². The highest BCUT2D eigenvalue weighted by molar-refractivity contribution is 5.76. The fourth-order valence-corrected chi connectivity index (χ4v) is 3.22. The van der Waals surface area contributed by atoms with E-state index in [1.165, 1.54) is 51.4 Å². The predicted octanol–water partition coefficient (Wildman–Crippen LogP) is 3.62. The SMILES string of the molecule is CCCCCCC(C)NC(=O)CC1CCC(CN)CC1. The van der Waals surface area contributed by atoms with E-state index in [1.54, 1.807) is 0 Å². The Hall–Kier alpha value is -0.570. The average molecular weight is 282 g/mol. The van der Waals surface area contributed by atoms with Gasteiger partial charge in [0.05, 0.1) is 0 Å². The molecular formula is C17H34N2O. The van der Waals surface area contributed by atoms with Crippen LogP contribution in [0.3, 0.4) is 0 Å². The van der Waals surface area contributed by atoms with E-state index in [0.717, 1.165) is 19.4 Å². The molecule has 3 nitrogen and oxygen atoms in total. The molecule has 1 rings (SSSR count). The van der Waals surface area contributed by atoms with Crippen molar-refractivity contribution in [1.29, 1.82) is 0 Å². The number of rotatable bonds is 9. The van der Waals surface area contributed by atoms with Gasteiger partial charge in [-0.3, -0.25) is 4.79 Å². The first-order valence-corrected chi connectivity index (χ1v) is 8.65. The lowest BCUT2D eigenvalue weighted by Crippen LogP contribution is -2.34. The molecule has 1 fully saturated rings. The van der Waals surface area contributed by atoms with Crippen LogP contribution in [0.1, 0.15) is 78.1 Å². The molecule has 3 heteroatoms. The maximum absolute atomic E-state index is 12.0. The van der Waals surface area contributed by atoms with Crippen LogP contribution in [0.2, 0.25) is 0 Å². The Balaban J connectivity index is 2.10. The van der Waals surface area contributed by atoms with Crippen LogP contribution in [-0.2, 0) is 4.79 Å². The van der Waals surface area contributed by atoms with Gasteiger partial charge in [-0.1, -0.05) is 32.6 Å². The first-order chi connectivity index (χ1) is 9.65. The summed E-state index contributed by atoms with van der Waals surface area (Å²) in [5, 5.41) is 3.17. The first kappa shape index (κ1) is 17.5. The molecule has 0 saturated heterocycles. The minimum Gasteiger partial charge on any atom is -0.354 e. The molecular weight excluding hydrogens is 248 g/mol. The summed E-state index contributed by atoms with van der Waals surface area (Å²) in [4.78, 5) is 12.0. The number of carbonyl (C=O) groups excluding carboxylic acids is 1. The van der Waals surface area contributed by atoms with Crippen molar-refractivity contribution in [2.75, 3.05) is 6.54 Å². The molecule has 0 spiro atoms. The van der Waals surface area contributed by atoms with E-state index in [0.29, 0.717) is 17.9 Å². The number of carbonyl (C=O) groups is 1. The molecule has 1 amide bonds. The maximum atomic E-state index is 12.0. The summed E-state index contributed by atoms with van der Waals surface area (Å²) < 4.78 is 0. The van der Waals surface area contributed by atoms with Gasteiger partial charge >= 0.3 is 0 Å². The van der Waals surface area contributed by atoms with E-state index in [2.05, 4.69) is 19.2 Å².